The van der Waals surface area contributed by atoms with E-state index in [2.05, 4.69) is 13.0 Å². The molecular formula is C16H17ClO. The van der Waals surface area contributed by atoms with Gasteiger partial charge in [-0.2, -0.15) is 0 Å². The van der Waals surface area contributed by atoms with Gasteiger partial charge in [0.2, 0.25) is 0 Å². The number of benzene rings is 2. The summed E-state index contributed by atoms with van der Waals surface area (Å²) in [7, 11) is 0. The first-order chi connectivity index (χ1) is 8.50. The zero-order chi connectivity index (χ0) is 13.3. The summed E-state index contributed by atoms with van der Waals surface area (Å²) in [5, 5.41) is 11.2. The van der Waals surface area contributed by atoms with E-state index in [0.717, 1.165) is 27.3 Å². The quantitative estimate of drug-likeness (QED) is 0.851. The van der Waals surface area contributed by atoms with Crippen molar-refractivity contribution in [2.45, 2.75) is 26.9 Å². The van der Waals surface area contributed by atoms with Crippen LogP contribution in [0.4, 0.5) is 0 Å². The molecule has 0 heterocycles. The highest BCUT2D eigenvalue weighted by molar-refractivity contribution is 6.31. The Hall–Kier alpha value is -1.31. The van der Waals surface area contributed by atoms with Crippen molar-refractivity contribution in [2.24, 2.45) is 0 Å². The average Bonchev–Trinajstić information content (AvgIpc) is 2.35. The molecular weight excluding hydrogens is 244 g/mol. The molecule has 18 heavy (non-hydrogen) atoms. The molecule has 0 bridgehead atoms. The van der Waals surface area contributed by atoms with Gasteiger partial charge in [0, 0.05) is 5.02 Å². The number of rotatable bonds is 2. The molecule has 0 saturated carbocycles. The molecule has 2 rings (SSSR count). The summed E-state index contributed by atoms with van der Waals surface area (Å²) in [6, 6.07) is 11.6. The van der Waals surface area contributed by atoms with Gasteiger partial charge in [-0.05, 0) is 54.7 Å². The summed E-state index contributed by atoms with van der Waals surface area (Å²) in [6.07, 6.45) is -0.596. The van der Waals surface area contributed by atoms with Crippen molar-refractivity contribution in [2.75, 3.05) is 0 Å². The van der Waals surface area contributed by atoms with E-state index in [-0.39, 0.29) is 0 Å². The summed E-state index contributed by atoms with van der Waals surface area (Å²) in [5.74, 6) is 0. The molecule has 0 saturated heterocycles. The zero-order valence-electron chi connectivity index (χ0n) is 10.9. The molecule has 0 aliphatic rings. The molecule has 1 nitrogen and oxygen atoms in total. The lowest BCUT2D eigenvalue weighted by molar-refractivity contribution is 0.219. The Labute approximate surface area is 113 Å². The van der Waals surface area contributed by atoms with Crippen LogP contribution < -0.4 is 0 Å². The summed E-state index contributed by atoms with van der Waals surface area (Å²) in [6.45, 7) is 6.04. The molecule has 2 aromatic rings. The van der Waals surface area contributed by atoms with Crippen molar-refractivity contribution >= 4 is 11.6 Å². The van der Waals surface area contributed by atoms with Gasteiger partial charge in [0.05, 0.1) is 0 Å². The molecule has 0 fully saturated rings. The molecule has 1 unspecified atom stereocenters. The Morgan fingerprint density at radius 3 is 2.39 bits per heavy atom. The van der Waals surface area contributed by atoms with Gasteiger partial charge < -0.3 is 5.11 Å². The Kier molecular flexibility index (Phi) is 3.74. The second kappa shape index (κ2) is 5.13. The van der Waals surface area contributed by atoms with Crippen LogP contribution in [0.25, 0.3) is 0 Å². The zero-order valence-corrected chi connectivity index (χ0v) is 11.6. The van der Waals surface area contributed by atoms with E-state index >= 15 is 0 Å². The number of aryl methyl sites for hydroxylation is 2. The third-order valence-corrected chi connectivity index (χ3v) is 3.86. The number of aliphatic hydroxyl groups excluding tert-OH is 1. The van der Waals surface area contributed by atoms with Gasteiger partial charge >= 0.3 is 0 Å². The lowest BCUT2D eigenvalue weighted by Gasteiger charge is -2.16. The van der Waals surface area contributed by atoms with Crippen LogP contribution >= 0.6 is 11.6 Å². The Bertz CT molecular complexity index is 575. The van der Waals surface area contributed by atoms with Gasteiger partial charge in [0.15, 0.2) is 0 Å². The third kappa shape index (κ3) is 2.43. The topological polar surface area (TPSA) is 20.2 Å². The number of hydrogen-bond donors (Lipinski definition) is 1. The monoisotopic (exact) mass is 260 g/mol. The lowest BCUT2D eigenvalue weighted by atomic mass is 9.94. The summed E-state index contributed by atoms with van der Waals surface area (Å²) >= 11 is 6.01. The van der Waals surface area contributed by atoms with Crippen LogP contribution in [0.3, 0.4) is 0 Å². The molecule has 1 N–H and O–H groups in total. The minimum Gasteiger partial charge on any atom is -0.384 e. The Morgan fingerprint density at radius 1 is 1.00 bits per heavy atom. The fraction of sp³-hybridized carbons (Fsp3) is 0.250. The molecule has 0 amide bonds. The van der Waals surface area contributed by atoms with Crippen molar-refractivity contribution in [1.82, 2.24) is 0 Å². The number of halogens is 1. The van der Waals surface area contributed by atoms with Crippen LogP contribution in [-0.2, 0) is 0 Å². The van der Waals surface area contributed by atoms with Crippen molar-refractivity contribution in [3.63, 3.8) is 0 Å². The van der Waals surface area contributed by atoms with E-state index < -0.39 is 6.10 Å². The maximum atomic E-state index is 10.5. The standard InChI is InChI=1S/C16H17ClO/c1-10-5-4-6-14(12(10)3)16(18)13-7-8-15(17)11(2)9-13/h4-9,16,18H,1-3H3. The first-order valence-corrected chi connectivity index (χ1v) is 6.38. The van der Waals surface area contributed by atoms with E-state index in [1.807, 2.05) is 44.2 Å². The molecule has 2 aromatic carbocycles. The second-order valence-electron chi connectivity index (χ2n) is 4.70. The van der Waals surface area contributed by atoms with E-state index in [0.29, 0.717) is 0 Å². The van der Waals surface area contributed by atoms with Crippen LogP contribution in [0.1, 0.15) is 33.9 Å². The minimum absolute atomic E-state index is 0.596. The molecule has 0 aromatic heterocycles. The minimum atomic E-state index is -0.596. The van der Waals surface area contributed by atoms with Crippen molar-refractivity contribution in [1.29, 1.82) is 0 Å². The van der Waals surface area contributed by atoms with E-state index in [4.69, 9.17) is 11.6 Å². The molecule has 0 aliphatic heterocycles. The van der Waals surface area contributed by atoms with Crippen LogP contribution in [0, 0.1) is 20.8 Å². The van der Waals surface area contributed by atoms with Gasteiger partial charge in [-0.1, -0.05) is 41.9 Å². The van der Waals surface area contributed by atoms with Crippen LogP contribution in [0.2, 0.25) is 5.02 Å². The highest BCUT2D eigenvalue weighted by Gasteiger charge is 2.14. The highest BCUT2D eigenvalue weighted by Crippen LogP contribution is 2.28. The fourth-order valence-corrected chi connectivity index (χ4v) is 2.21. The van der Waals surface area contributed by atoms with Gasteiger partial charge in [0.1, 0.15) is 6.10 Å². The molecule has 94 valence electrons. The first-order valence-electron chi connectivity index (χ1n) is 6.01. The maximum absolute atomic E-state index is 10.5. The number of hydrogen-bond acceptors (Lipinski definition) is 1. The predicted octanol–water partition coefficient (Wildman–Crippen LogP) is 4.35. The van der Waals surface area contributed by atoms with Gasteiger partial charge in [-0.3, -0.25) is 0 Å². The Morgan fingerprint density at radius 2 is 1.72 bits per heavy atom. The Balaban J connectivity index is 2.44. The number of aliphatic hydroxyl groups is 1. The van der Waals surface area contributed by atoms with Crippen LogP contribution in [0.5, 0.6) is 0 Å². The van der Waals surface area contributed by atoms with Crippen molar-refractivity contribution < 1.29 is 5.11 Å². The van der Waals surface area contributed by atoms with E-state index in [9.17, 15) is 5.11 Å². The van der Waals surface area contributed by atoms with Crippen molar-refractivity contribution in [3.05, 3.63) is 69.2 Å². The molecule has 0 radical (unpaired) electrons. The smallest absolute Gasteiger partial charge is 0.104 e. The van der Waals surface area contributed by atoms with E-state index in [1.54, 1.807) is 0 Å². The summed E-state index contributed by atoms with van der Waals surface area (Å²) < 4.78 is 0. The van der Waals surface area contributed by atoms with Crippen molar-refractivity contribution in [3.8, 4) is 0 Å². The fourth-order valence-electron chi connectivity index (χ4n) is 2.09. The molecule has 0 spiro atoms. The largest absolute Gasteiger partial charge is 0.384 e. The van der Waals surface area contributed by atoms with Gasteiger partial charge in [0.25, 0.3) is 0 Å². The normalized spacial score (nSPS) is 12.5. The van der Waals surface area contributed by atoms with Gasteiger partial charge in [-0.15, -0.1) is 0 Å². The summed E-state index contributed by atoms with van der Waals surface area (Å²) in [5.41, 5.74) is 5.15. The molecule has 1 atom stereocenters. The highest BCUT2D eigenvalue weighted by atomic mass is 35.5. The molecule has 2 heteroatoms. The van der Waals surface area contributed by atoms with Gasteiger partial charge in [-0.25, -0.2) is 0 Å². The first kappa shape index (κ1) is 13.1. The predicted molar refractivity (Wildman–Crippen MR) is 76.2 cm³/mol. The summed E-state index contributed by atoms with van der Waals surface area (Å²) in [4.78, 5) is 0. The SMILES string of the molecule is Cc1cc(C(O)c2cccc(C)c2C)ccc1Cl. The third-order valence-electron chi connectivity index (χ3n) is 3.44. The van der Waals surface area contributed by atoms with Crippen LogP contribution in [-0.4, -0.2) is 5.11 Å². The second-order valence-corrected chi connectivity index (χ2v) is 5.11. The maximum Gasteiger partial charge on any atom is 0.104 e. The van der Waals surface area contributed by atoms with E-state index in [1.165, 1.54) is 5.56 Å². The molecule has 0 aliphatic carbocycles. The lowest BCUT2D eigenvalue weighted by Crippen LogP contribution is -2.03. The average molecular weight is 261 g/mol. The van der Waals surface area contributed by atoms with Crippen LogP contribution in [0.15, 0.2) is 36.4 Å².